The number of hydrogen-bond acceptors (Lipinski definition) is 6. The van der Waals surface area contributed by atoms with Gasteiger partial charge in [-0.05, 0) is 0 Å². The van der Waals surface area contributed by atoms with Gasteiger partial charge in [0.1, 0.15) is 0 Å². The largest absolute Gasteiger partial charge is 1.00 e. The Bertz CT molecular complexity index is 176. The van der Waals surface area contributed by atoms with Crippen LogP contribution in [0.25, 0.3) is 0 Å². The Morgan fingerprint density at radius 3 is 1.25 bits per heavy atom. The second kappa shape index (κ2) is 17.0. The minimum atomic E-state index is -1.85. The van der Waals surface area contributed by atoms with Crippen LogP contribution in [0.5, 0.6) is 0 Å². The van der Waals surface area contributed by atoms with Crippen LogP contribution in [0.2, 0.25) is 0 Å². The molecule has 0 aromatic carbocycles. The summed E-state index contributed by atoms with van der Waals surface area (Å²) in [5.41, 5.74) is 0. The topological polar surface area (TPSA) is 188 Å². The van der Waals surface area contributed by atoms with Crippen molar-refractivity contribution in [1.82, 2.24) is 0 Å². The van der Waals surface area contributed by atoms with Crippen LogP contribution in [0.1, 0.15) is 1.43 Å². The molecule has 8 N–H and O–H groups in total. The van der Waals surface area contributed by atoms with Gasteiger partial charge in [-0.1, -0.05) is 0 Å². The van der Waals surface area contributed by atoms with Crippen LogP contribution in [0.4, 0.5) is 0 Å². The van der Waals surface area contributed by atoms with Gasteiger partial charge in [0, 0.05) is 0 Å². The van der Waals surface area contributed by atoms with E-state index in [0.717, 1.165) is 0 Å². The van der Waals surface area contributed by atoms with E-state index in [1.165, 1.54) is 0 Å². The van der Waals surface area contributed by atoms with Crippen LogP contribution >= 0.6 is 0 Å². The second-order valence-electron chi connectivity index (χ2n) is 1.76. The third-order valence-corrected chi connectivity index (χ3v) is 2.34. The number of carbonyl (C=O) groups is 2. The van der Waals surface area contributed by atoms with E-state index in [-0.39, 0.29) is 116 Å². The molecule has 2 unspecified atom stereocenters. The minimum Gasteiger partial charge on any atom is -1.00 e. The average molecular weight is 490 g/mol. The van der Waals surface area contributed by atoms with Crippen molar-refractivity contribution in [2.75, 3.05) is 0 Å². The Kier molecular flexibility index (Phi) is 32.7. The molecule has 0 heterocycles. The number of aliphatic hydroxyl groups excluding tert-OH is 2. The number of aliphatic hydroxyl groups is 2. The fraction of sp³-hybridized carbons (Fsp3) is 0.500. The van der Waals surface area contributed by atoms with Crippen molar-refractivity contribution < 1.29 is 95.1 Å². The summed E-state index contributed by atoms with van der Waals surface area (Å²) in [6.07, 6.45) is -3.69. The Hall–Kier alpha value is 2.01. The average Bonchev–Trinajstić information content (AvgIpc) is 2.12. The first-order chi connectivity index (χ1) is 5.54. The second-order valence-corrected chi connectivity index (χ2v) is 3.11. The first kappa shape index (κ1) is 30.8. The van der Waals surface area contributed by atoms with Crippen LogP contribution in [-0.4, -0.2) is 97.7 Å². The predicted molar refractivity (Wildman–Crippen MR) is 53.2 cm³/mol. The van der Waals surface area contributed by atoms with Gasteiger partial charge in [0.25, 0.3) is 0 Å². The van der Waals surface area contributed by atoms with Gasteiger partial charge >= 0.3 is 148 Å². The number of carbonyl (C=O) groups excluding carboxylic acids is 2. The van der Waals surface area contributed by atoms with Gasteiger partial charge in [0.05, 0.1) is 0 Å². The van der Waals surface area contributed by atoms with Gasteiger partial charge in [0.2, 0.25) is 0 Å². The quantitative estimate of drug-likeness (QED) is 0.370. The van der Waals surface area contributed by atoms with E-state index in [9.17, 15) is 9.59 Å². The van der Waals surface area contributed by atoms with Crippen LogP contribution in [0.15, 0.2) is 0 Å². The molecule has 12 heteroatoms. The maximum absolute atomic E-state index is 10.6. The molecule has 0 aromatic heterocycles. The summed E-state index contributed by atoms with van der Waals surface area (Å²) >= 11 is 0.318. The first-order valence-electron chi connectivity index (χ1n) is 2.71. The zero-order valence-corrected chi connectivity index (χ0v) is 18.1. The molecule has 0 aliphatic heterocycles. The van der Waals surface area contributed by atoms with E-state index in [1.807, 2.05) is 0 Å². The SMILES string of the molecule is O.O.O.O=C([O][SbH2])C(O)C(O)C(=O)[O][SbH2].[H-].[K+]. The van der Waals surface area contributed by atoms with Gasteiger partial charge in [-0.25, -0.2) is 0 Å². The van der Waals surface area contributed by atoms with Crippen molar-refractivity contribution >= 4 is 58.8 Å². The predicted octanol–water partition coefficient (Wildman–Crippen LogP) is -9.47. The molecule has 0 aliphatic carbocycles. The van der Waals surface area contributed by atoms with E-state index in [4.69, 9.17) is 10.2 Å². The van der Waals surface area contributed by atoms with Crippen LogP contribution in [-0.2, 0) is 15.6 Å². The van der Waals surface area contributed by atoms with E-state index in [2.05, 4.69) is 6.03 Å². The zero-order valence-electron chi connectivity index (χ0n) is 9.34. The van der Waals surface area contributed by atoms with Crippen molar-refractivity contribution in [1.29, 1.82) is 0 Å². The van der Waals surface area contributed by atoms with Crippen molar-refractivity contribution in [3.63, 3.8) is 0 Å². The third kappa shape index (κ3) is 11.1. The van der Waals surface area contributed by atoms with Gasteiger partial charge in [-0.15, -0.1) is 0 Å². The van der Waals surface area contributed by atoms with E-state index in [1.54, 1.807) is 0 Å². The summed E-state index contributed by atoms with van der Waals surface area (Å²) in [5, 5.41) is 17.8. The summed E-state index contributed by atoms with van der Waals surface area (Å²) in [6, 6.07) is 0. The van der Waals surface area contributed by atoms with Crippen LogP contribution < -0.4 is 51.4 Å². The van der Waals surface area contributed by atoms with Gasteiger partial charge in [-0.3, -0.25) is 0 Å². The van der Waals surface area contributed by atoms with Crippen molar-refractivity contribution in [3.05, 3.63) is 0 Å². The zero-order chi connectivity index (χ0) is 9.72. The minimum absolute atomic E-state index is 0. The molecule has 0 rings (SSSR count). The van der Waals surface area contributed by atoms with Crippen LogP contribution in [0, 0.1) is 0 Å². The van der Waals surface area contributed by atoms with Gasteiger partial charge in [0.15, 0.2) is 0 Å². The van der Waals surface area contributed by atoms with Crippen molar-refractivity contribution in [3.8, 4) is 0 Å². The maximum atomic E-state index is 10.6. The third-order valence-electron chi connectivity index (χ3n) is 1.01. The van der Waals surface area contributed by atoms with Crippen molar-refractivity contribution in [2.45, 2.75) is 12.2 Å². The Morgan fingerprint density at radius 1 is 0.938 bits per heavy atom. The smallest absolute Gasteiger partial charge is 1.00 e. The normalized spacial score (nSPS) is 11.0. The molecule has 0 aromatic rings. The molecule has 0 radical (unpaired) electrons. The molecule has 16 heavy (non-hydrogen) atoms. The van der Waals surface area contributed by atoms with Crippen LogP contribution in [0.3, 0.4) is 0 Å². The molecule has 9 nitrogen and oxygen atoms in total. The molecule has 0 aliphatic rings. The fourth-order valence-corrected chi connectivity index (χ4v) is 1.19. The molecule has 0 saturated carbocycles. The number of hydrogen-bond donors (Lipinski definition) is 2. The molecular formula is C4H15KO9Sb2. The molecule has 0 saturated heterocycles. The summed E-state index contributed by atoms with van der Waals surface area (Å²) < 4.78 is 8.42. The maximum Gasteiger partial charge on any atom is 1.00 e. The standard InChI is InChI=1S/C4H6O6.K.3H2O.2Sb.5H/c5-1(3(7)8)2(6)4(9)10;;;;;;;;;;;/h1-2,5-6H,(H,7,8)(H,9,10);;3*1H2;;;;;;;/q;+1;;;;2*+1;;;;;-1/p-2. The molecule has 96 valence electrons. The van der Waals surface area contributed by atoms with Gasteiger partial charge in [-0.2, -0.15) is 0 Å². The molecular weight excluding hydrogens is 475 g/mol. The Morgan fingerprint density at radius 2 is 1.12 bits per heavy atom. The summed E-state index contributed by atoms with van der Waals surface area (Å²) in [4.78, 5) is 21.2. The Balaban J connectivity index is -0.0000000605. The summed E-state index contributed by atoms with van der Waals surface area (Å²) in [5.74, 6) is -2.04. The molecule has 0 fully saturated rings. The summed E-state index contributed by atoms with van der Waals surface area (Å²) in [6.45, 7) is 0. The molecule has 2 atom stereocenters. The van der Waals surface area contributed by atoms with Crippen molar-refractivity contribution in [2.24, 2.45) is 0 Å². The van der Waals surface area contributed by atoms with Gasteiger partial charge < -0.3 is 17.9 Å². The van der Waals surface area contributed by atoms with E-state index in [0.29, 0.717) is 0 Å². The first-order valence-corrected chi connectivity index (χ1v) is 5.41. The monoisotopic (exact) mass is 488 g/mol. The molecule has 0 spiro atoms. The summed E-state index contributed by atoms with van der Waals surface area (Å²) in [7, 11) is 0. The fourth-order valence-electron chi connectivity index (χ4n) is 0.397. The van der Waals surface area contributed by atoms with E-state index >= 15 is 0 Å². The number of rotatable bonds is 3. The molecule has 0 bridgehead atoms. The Labute approximate surface area is 163 Å². The molecule has 0 amide bonds. The van der Waals surface area contributed by atoms with E-state index < -0.39 is 24.1 Å².